The van der Waals surface area contributed by atoms with Crippen LogP contribution in [-0.2, 0) is 14.4 Å². The molecular weight excluding hydrogens is 342 g/mol. The Morgan fingerprint density at radius 2 is 1.44 bits per heavy atom. The number of carbonyl (C=O) groups excluding carboxylic acids is 3. The van der Waals surface area contributed by atoms with Crippen LogP contribution in [0.2, 0.25) is 0 Å². The number of carbonyl (C=O) groups is 3. The summed E-state index contributed by atoms with van der Waals surface area (Å²) in [6, 6.07) is 12.7. The number of aryl methyl sites for hydroxylation is 1. The fourth-order valence-corrected chi connectivity index (χ4v) is 3.00. The van der Waals surface area contributed by atoms with E-state index < -0.39 is 0 Å². The number of nitrogens with one attached hydrogen (secondary N) is 3. The van der Waals surface area contributed by atoms with Crippen molar-refractivity contribution in [2.45, 2.75) is 27.2 Å². The number of hydrogen-bond acceptors (Lipinski definition) is 3. The molecule has 1 aliphatic carbocycles. The first-order valence-corrected chi connectivity index (χ1v) is 8.90. The van der Waals surface area contributed by atoms with Gasteiger partial charge < -0.3 is 16.0 Å². The third-order valence-corrected chi connectivity index (χ3v) is 4.78. The van der Waals surface area contributed by atoms with E-state index in [0.717, 1.165) is 16.8 Å². The molecule has 0 heterocycles. The predicted octanol–water partition coefficient (Wildman–Crippen LogP) is 3.48. The minimum absolute atomic E-state index is 0.129. The van der Waals surface area contributed by atoms with Crippen molar-refractivity contribution >= 4 is 34.8 Å². The number of benzene rings is 2. The molecule has 0 saturated heterocycles. The van der Waals surface area contributed by atoms with E-state index in [-0.39, 0.29) is 29.6 Å². The molecule has 2 unspecified atom stereocenters. The molecule has 2 atom stereocenters. The molecular formula is C21H23N3O3. The molecule has 0 radical (unpaired) electrons. The molecule has 1 saturated carbocycles. The summed E-state index contributed by atoms with van der Waals surface area (Å²) >= 11 is 0. The predicted molar refractivity (Wildman–Crippen MR) is 106 cm³/mol. The molecule has 2 aromatic carbocycles. The second-order valence-corrected chi connectivity index (χ2v) is 6.94. The van der Waals surface area contributed by atoms with Gasteiger partial charge in [0.1, 0.15) is 0 Å². The minimum atomic E-state index is -0.334. The van der Waals surface area contributed by atoms with E-state index in [0.29, 0.717) is 17.8 Å². The number of amides is 3. The van der Waals surface area contributed by atoms with E-state index in [1.807, 2.05) is 32.0 Å². The average molecular weight is 365 g/mol. The highest BCUT2D eigenvalue weighted by Crippen LogP contribution is 2.40. The lowest BCUT2D eigenvalue weighted by Gasteiger charge is -2.10. The summed E-state index contributed by atoms with van der Waals surface area (Å²) in [5, 5.41) is 8.42. The van der Waals surface area contributed by atoms with Gasteiger partial charge in [0.15, 0.2) is 0 Å². The first-order valence-electron chi connectivity index (χ1n) is 8.90. The van der Waals surface area contributed by atoms with Crippen LogP contribution in [0.1, 0.15) is 24.5 Å². The quantitative estimate of drug-likeness (QED) is 0.758. The van der Waals surface area contributed by atoms with Crippen LogP contribution in [0.3, 0.4) is 0 Å². The minimum Gasteiger partial charge on any atom is -0.326 e. The van der Waals surface area contributed by atoms with E-state index in [1.165, 1.54) is 6.92 Å². The standard InChI is InChI=1S/C21H23N3O3/c1-12-6-4-9-19(13(12)2)24-21(27)18-11-17(18)20(26)23-16-8-5-7-15(10-16)22-14(3)25/h4-10,17-18H,11H2,1-3H3,(H,22,25)(H,23,26)(H,24,27). The molecule has 6 heteroatoms. The first-order chi connectivity index (χ1) is 12.8. The van der Waals surface area contributed by atoms with E-state index >= 15 is 0 Å². The van der Waals surface area contributed by atoms with Crippen molar-refractivity contribution in [2.75, 3.05) is 16.0 Å². The van der Waals surface area contributed by atoms with Crippen molar-refractivity contribution in [3.05, 3.63) is 53.6 Å². The van der Waals surface area contributed by atoms with Crippen LogP contribution in [0.15, 0.2) is 42.5 Å². The van der Waals surface area contributed by atoms with Gasteiger partial charge in [0.05, 0.1) is 11.8 Å². The second kappa shape index (κ2) is 7.61. The summed E-state index contributed by atoms with van der Waals surface area (Å²) in [5.74, 6) is -1.14. The molecule has 140 valence electrons. The highest BCUT2D eigenvalue weighted by Gasteiger charge is 2.48. The first kappa shape index (κ1) is 18.6. The molecule has 3 rings (SSSR count). The Labute approximate surface area is 158 Å². The van der Waals surface area contributed by atoms with Crippen molar-refractivity contribution in [3.63, 3.8) is 0 Å². The van der Waals surface area contributed by atoms with Crippen LogP contribution in [0.4, 0.5) is 17.1 Å². The third kappa shape index (κ3) is 4.53. The largest absolute Gasteiger partial charge is 0.326 e. The van der Waals surface area contributed by atoms with Crippen molar-refractivity contribution in [2.24, 2.45) is 11.8 Å². The van der Waals surface area contributed by atoms with Crippen LogP contribution in [0, 0.1) is 25.7 Å². The Morgan fingerprint density at radius 3 is 2.11 bits per heavy atom. The summed E-state index contributed by atoms with van der Waals surface area (Å²) in [6.45, 7) is 5.38. The summed E-state index contributed by atoms with van der Waals surface area (Å²) < 4.78 is 0. The molecule has 3 amide bonds. The van der Waals surface area contributed by atoms with Crippen molar-refractivity contribution in [3.8, 4) is 0 Å². The SMILES string of the molecule is CC(=O)Nc1cccc(NC(=O)C2CC2C(=O)Nc2cccc(C)c2C)c1. The van der Waals surface area contributed by atoms with Crippen LogP contribution >= 0.6 is 0 Å². The van der Waals surface area contributed by atoms with Gasteiger partial charge in [0, 0.05) is 24.0 Å². The van der Waals surface area contributed by atoms with Crippen LogP contribution in [0.5, 0.6) is 0 Å². The van der Waals surface area contributed by atoms with Gasteiger partial charge in [-0.2, -0.15) is 0 Å². The topological polar surface area (TPSA) is 87.3 Å². The molecule has 0 aromatic heterocycles. The van der Waals surface area contributed by atoms with Crippen LogP contribution in [0.25, 0.3) is 0 Å². The lowest BCUT2D eigenvalue weighted by Crippen LogP contribution is -2.21. The van der Waals surface area contributed by atoms with Gasteiger partial charge in [0.2, 0.25) is 17.7 Å². The fraction of sp³-hybridized carbons (Fsp3) is 0.286. The average Bonchev–Trinajstić information content (AvgIpc) is 3.39. The van der Waals surface area contributed by atoms with Gasteiger partial charge in [-0.15, -0.1) is 0 Å². The summed E-state index contributed by atoms with van der Waals surface area (Å²) in [5.41, 5.74) is 4.13. The molecule has 6 nitrogen and oxygen atoms in total. The van der Waals surface area contributed by atoms with Gasteiger partial charge >= 0.3 is 0 Å². The zero-order chi connectivity index (χ0) is 19.6. The summed E-state index contributed by atoms with van der Waals surface area (Å²) in [4.78, 5) is 36.0. The molecule has 3 N–H and O–H groups in total. The molecule has 0 bridgehead atoms. The van der Waals surface area contributed by atoms with Crippen LogP contribution in [-0.4, -0.2) is 17.7 Å². The van der Waals surface area contributed by atoms with Gasteiger partial charge in [0.25, 0.3) is 0 Å². The molecule has 1 aliphatic rings. The maximum absolute atomic E-state index is 12.4. The van der Waals surface area contributed by atoms with Gasteiger partial charge in [-0.25, -0.2) is 0 Å². The van der Waals surface area contributed by atoms with E-state index in [2.05, 4.69) is 16.0 Å². The van der Waals surface area contributed by atoms with Gasteiger partial charge in [-0.05, 0) is 55.7 Å². The fourth-order valence-electron chi connectivity index (χ4n) is 3.00. The molecule has 27 heavy (non-hydrogen) atoms. The van der Waals surface area contributed by atoms with Crippen molar-refractivity contribution in [1.82, 2.24) is 0 Å². The second-order valence-electron chi connectivity index (χ2n) is 6.94. The zero-order valence-corrected chi connectivity index (χ0v) is 15.6. The van der Waals surface area contributed by atoms with E-state index in [9.17, 15) is 14.4 Å². The highest BCUT2D eigenvalue weighted by molar-refractivity contribution is 6.03. The number of rotatable bonds is 5. The molecule has 0 spiro atoms. The van der Waals surface area contributed by atoms with Gasteiger partial charge in [-0.3, -0.25) is 14.4 Å². The smallest absolute Gasteiger partial charge is 0.228 e. The zero-order valence-electron chi connectivity index (χ0n) is 15.6. The Bertz CT molecular complexity index is 907. The Kier molecular flexibility index (Phi) is 5.26. The number of anilines is 3. The molecule has 2 aromatic rings. The van der Waals surface area contributed by atoms with Crippen LogP contribution < -0.4 is 16.0 Å². The van der Waals surface area contributed by atoms with E-state index in [1.54, 1.807) is 24.3 Å². The maximum atomic E-state index is 12.4. The third-order valence-electron chi connectivity index (χ3n) is 4.78. The summed E-state index contributed by atoms with van der Waals surface area (Å²) in [6.07, 6.45) is 0.536. The lowest BCUT2D eigenvalue weighted by molar-refractivity contribution is -0.122. The molecule has 1 fully saturated rings. The Morgan fingerprint density at radius 1 is 0.852 bits per heavy atom. The van der Waals surface area contributed by atoms with Crippen molar-refractivity contribution in [1.29, 1.82) is 0 Å². The Balaban J connectivity index is 1.58. The maximum Gasteiger partial charge on any atom is 0.228 e. The Hall–Kier alpha value is -3.15. The van der Waals surface area contributed by atoms with E-state index in [4.69, 9.17) is 0 Å². The lowest BCUT2D eigenvalue weighted by atomic mass is 10.1. The highest BCUT2D eigenvalue weighted by atomic mass is 16.2. The number of hydrogen-bond donors (Lipinski definition) is 3. The molecule has 0 aliphatic heterocycles. The van der Waals surface area contributed by atoms with Crippen molar-refractivity contribution < 1.29 is 14.4 Å². The monoisotopic (exact) mass is 365 g/mol. The normalized spacial score (nSPS) is 17.7. The van der Waals surface area contributed by atoms with Gasteiger partial charge in [-0.1, -0.05) is 18.2 Å². The summed E-state index contributed by atoms with van der Waals surface area (Å²) in [7, 11) is 0.